The zero-order chi connectivity index (χ0) is 23.4. The Morgan fingerprint density at radius 2 is 1.97 bits per heavy atom. The fourth-order valence-corrected chi connectivity index (χ4v) is 3.72. The van der Waals surface area contributed by atoms with Gasteiger partial charge in [0, 0.05) is 0 Å². The van der Waals surface area contributed by atoms with E-state index >= 15 is 0 Å². The second kappa shape index (κ2) is 9.37. The highest BCUT2D eigenvalue weighted by molar-refractivity contribution is 7.19. The quantitative estimate of drug-likeness (QED) is 0.319. The van der Waals surface area contributed by atoms with Crippen LogP contribution in [0.4, 0.5) is 15.8 Å². The minimum Gasteiger partial charge on any atom is -0.495 e. The van der Waals surface area contributed by atoms with Gasteiger partial charge in [0.15, 0.2) is 0 Å². The van der Waals surface area contributed by atoms with Gasteiger partial charge in [-0.2, -0.15) is 5.11 Å². The Morgan fingerprint density at radius 1 is 1.21 bits per heavy atom. The van der Waals surface area contributed by atoms with Gasteiger partial charge in [0.2, 0.25) is 11.2 Å². The van der Waals surface area contributed by atoms with Gasteiger partial charge in [-0.3, -0.25) is 9.59 Å². The third-order valence-electron chi connectivity index (χ3n) is 4.62. The number of ether oxygens (including phenoxy) is 1. The normalized spacial score (nSPS) is 11.9. The molecule has 0 saturated heterocycles. The number of nitrogens with one attached hydrogen (secondary N) is 2. The number of nitrogens with zero attached hydrogens (tertiary/aromatic N) is 5. The lowest BCUT2D eigenvalue weighted by atomic mass is 10.2. The number of aryl methyl sites for hydroxylation is 1. The van der Waals surface area contributed by atoms with Crippen molar-refractivity contribution in [1.29, 1.82) is 0 Å². The first-order chi connectivity index (χ1) is 16.0. The van der Waals surface area contributed by atoms with E-state index < -0.39 is 17.5 Å². The summed E-state index contributed by atoms with van der Waals surface area (Å²) in [5.74, 6) is -0.104. The molecule has 2 aromatic carbocycles. The zero-order valence-electron chi connectivity index (χ0n) is 17.6. The molecule has 0 aliphatic carbocycles. The molecule has 1 amide bonds. The van der Waals surface area contributed by atoms with Crippen molar-refractivity contribution in [1.82, 2.24) is 15.0 Å². The van der Waals surface area contributed by atoms with E-state index in [0.717, 1.165) is 11.3 Å². The number of amides is 1. The largest absolute Gasteiger partial charge is 0.495 e. The Morgan fingerprint density at radius 3 is 2.73 bits per heavy atom. The Bertz CT molecular complexity index is 1470. The van der Waals surface area contributed by atoms with Crippen molar-refractivity contribution in [2.75, 3.05) is 12.4 Å². The number of anilines is 1. The van der Waals surface area contributed by atoms with E-state index in [1.54, 1.807) is 55.5 Å². The van der Waals surface area contributed by atoms with E-state index in [1.165, 1.54) is 7.11 Å². The van der Waals surface area contributed by atoms with Crippen molar-refractivity contribution in [2.45, 2.75) is 13.0 Å². The van der Waals surface area contributed by atoms with Crippen LogP contribution in [0.25, 0.3) is 15.7 Å². The van der Waals surface area contributed by atoms with Crippen LogP contribution < -0.4 is 15.6 Å². The van der Waals surface area contributed by atoms with Crippen molar-refractivity contribution >= 4 is 44.0 Å². The summed E-state index contributed by atoms with van der Waals surface area (Å²) in [7, 11) is 1.49. The first-order valence-corrected chi connectivity index (χ1v) is 10.5. The number of thiazole rings is 1. The molecule has 4 rings (SSSR count). The average molecular weight is 459 g/mol. The standard InChI is InChI=1S/C22H17N7O3S/c1-12-21(23-2)33-22(24-12)29-28-17(20(31)26-15-10-6-7-11-16(15)32-3)18-25-14-9-5-4-8-13(14)19(30)27-18/h4-11,17H,1,3H3,(H,26,31)(H,25,27,30). The maximum Gasteiger partial charge on any atom is 0.265 e. The summed E-state index contributed by atoms with van der Waals surface area (Å²) in [5, 5.41) is 11.9. The van der Waals surface area contributed by atoms with Gasteiger partial charge in [-0.1, -0.05) is 24.3 Å². The molecule has 4 aromatic rings. The Kier molecular flexibility index (Phi) is 6.19. The predicted molar refractivity (Wildman–Crippen MR) is 124 cm³/mol. The van der Waals surface area contributed by atoms with Crippen LogP contribution in [0, 0.1) is 13.5 Å². The third kappa shape index (κ3) is 4.60. The van der Waals surface area contributed by atoms with E-state index in [9.17, 15) is 9.59 Å². The van der Waals surface area contributed by atoms with Crippen LogP contribution >= 0.6 is 11.3 Å². The first-order valence-electron chi connectivity index (χ1n) is 9.68. The summed E-state index contributed by atoms with van der Waals surface area (Å²) in [6, 6.07) is 12.4. The molecule has 10 nitrogen and oxygen atoms in total. The molecular weight excluding hydrogens is 442 g/mol. The lowest BCUT2D eigenvalue weighted by Gasteiger charge is -2.14. The number of benzene rings is 2. The summed E-state index contributed by atoms with van der Waals surface area (Å²) in [6.45, 7) is 8.87. The molecule has 2 aromatic heterocycles. The maximum atomic E-state index is 13.2. The number of carbonyl (C=O) groups is 1. The van der Waals surface area contributed by atoms with Gasteiger partial charge in [0.1, 0.15) is 11.6 Å². The second-order valence-electron chi connectivity index (χ2n) is 6.77. The van der Waals surface area contributed by atoms with Crippen molar-refractivity contribution in [3.05, 3.63) is 81.8 Å². The number of aromatic nitrogens is 3. The van der Waals surface area contributed by atoms with Crippen molar-refractivity contribution in [3.8, 4) is 5.75 Å². The molecule has 164 valence electrons. The molecule has 0 bridgehead atoms. The first kappa shape index (κ1) is 21.8. The molecule has 0 spiro atoms. The number of rotatable bonds is 6. The molecule has 0 fully saturated rings. The number of hydrogen-bond acceptors (Lipinski definition) is 8. The van der Waals surface area contributed by atoms with Crippen molar-refractivity contribution in [2.24, 2.45) is 10.2 Å². The van der Waals surface area contributed by atoms with E-state index in [4.69, 9.17) is 11.3 Å². The smallest absolute Gasteiger partial charge is 0.265 e. The van der Waals surface area contributed by atoms with Crippen LogP contribution in [0.1, 0.15) is 17.6 Å². The van der Waals surface area contributed by atoms with Crippen LogP contribution in [0.2, 0.25) is 0 Å². The van der Waals surface area contributed by atoms with E-state index in [-0.39, 0.29) is 11.0 Å². The molecule has 1 atom stereocenters. The van der Waals surface area contributed by atoms with Crippen molar-refractivity contribution < 1.29 is 9.53 Å². The summed E-state index contributed by atoms with van der Waals surface area (Å²) in [5.41, 5.74) is 0.966. The molecule has 0 aliphatic heterocycles. The SMILES string of the molecule is [C-]#[N+]c1sc(N=NC(C(=O)Nc2ccccc2OC)c2nc3ccccc3c(=O)[nH]2)nc1C. The number of carbonyl (C=O) groups excluding carboxylic acids is 1. The van der Waals surface area contributed by atoms with Crippen LogP contribution in [-0.4, -0.2) is 28.0 Å². The van der Waals surface area contributed by atoms with E-state index in [1.807, 2.05) is 0 Å². The molecule has 0 radical (unpaired) electrons. The van der Waals surface area contributed by atoms with Gasteiger partial charge < -0.3 is 15.0 Å². The van der Waals surface area contributed by atoms with Crippen LogP contribution in [0.15, 0.2) is 63.6 Å². The number of fused-ring (bicyclic) bond motifs is 1. The van der Waals surface area contributed by atoms with Gasteiger partial charge in [-0.05, 0) is 31.2 Å². The van der Waals surface area contributed by atoms with Gasteiger partial charge in [0.25, 0.3) is 16.5 Å². The Labute approximate surface area is 191 Å². The minimum absolute atomic E-state index is 0.0218. The molecule has 1 unspecified atom stereocenters. The Balaban J connectivity index is 1.76. The summed E-state index contributed by atoms with van der Waals surface area (Å²) in [4.78, 5) is 40.4. The van der Waals surface area contributed by atoms with Crippen LogP contribution in [0.3, 0.4) is 0 Å². The second-order valence-corrected chi connectivity index (χ2v) is 7.73. The van der Waals surface area contributed by atoms with Crippen LogP contribution in [-0.2, 0) is 4.79 Å². The van der Waals surface area contributed by atoms with Gasteiger partial charge in [-0.25, -0.2) is 14.8 Å². The number of H-pyrrole nitrogens is 1. The highest BCUT2D eigenvalue weighted by Gasteiger charge is 2.25. The highest BCUT2D eigenvalue weighted by atomic mass is 32.1. The lowest BCUT2D eigenvalue weighted by Crippen LogP contribution is -2.24. The average Bonchev–Trinajstić information content (AvgIpc) is 3.19. The molecule has 0 aliphatic rings. The molecule has 11 heteroatoms. The highest BCUT2D eigenvalue weighted by Crippen LogP contribution is 2.33. The molecule has 2 N–H and O–H groups in total. The fourth-order valence-electron chi connectivity index (χ4n) is 3.04. The number of azo groups is 1. The van der Waals surface area contributed by atoms with Gasteiger partial charge in [0.05, 0.1) is 36.0 Å². The number of aromatic amines is 1. The predicted octanol–water partition coefficient (Wildman–Crippen LogP) is 4.71. The molecule has 2 heterocycles. The zero-order valence-corrected chi connectivity index (χ0v) is 18.4. The van der Waals surface area contributed by atoms with Crippen LogP contribution in [0.5, 0.6) is 5.75 Å². The summed E-state index contributed by atoms with van der Waals surface area (Å²) >= 11 is 1.05. The number of para-hydroxylation sites is 3. The fraction of sp³-hybridized carbons (Fsp3) is 0.136. The topological polar surface area (TPSA) is 126 Å². The molecular formula is C22H17N7O3S. The van der Waals surface area contributed by atoms with E-state index in [2.05, 4.69) is 35.3 Å². The molecule has 33 heavy (non-hydrogen) atoms. The van der Waals surface area contributed by atoms with Crippen molar-refractivity contribution in [3.63, 3.8) is 0 Å². The monoisotopic (exact) mass is 459 g/mol. The summed E-state index contributed by atoms with van der Waals surface area (Å²) < 4.78 is 5.29. The lowest BCUT2D eigenvalue weighted by molar-refractivity contribution is -0.117. The van der Waals surface area contributed by atoms with E-state index in [0.29, 0.717) is 33.0 Å². The summed E-state index contributed by atoms with van der Waals surface area (Å²) in [6.07, 6.45) is 0. The maximum absolute atomic E-state index is 13.2. The number of hydrogen-bond donors (Lipinski definition) is 2. The Hall–Kier alpha value is -4.43. The number of methoxy groups -OCH3 is 1. The third-order valence-corrected chi connectivity index (χ3v) is 5.56. The van der Waals surface area contributed by atoms with Gasteiger partial charge in [-0.15, -0.1) is 16.5 Å². The van der Waals surface area contributed by atoms with Gasteiger partial charge >= 0.3 is 0 Å². The minimum atomic E-state index is -1.28. The molecule has 0 saturated carbocycles.